The van der Waals surface area contributed by atoms with Gasteiger partial charge in [-0.25, -0.2) is 0 Å². The largest absolute Gasteiger partial charge is 0.495 e. The summed E-state index contributed by atoms with van der Waals surface area (Å²) in [5, 5.41) is 15.1. The van der Waals surface area contributed by atoms with Crippen LogP contribution in [0, 0.1) is 0 Å². The Morgan fingerprint density at radius 3 is 2.29 bits per heavy atom. The van der Waals surface area contributed by atoms with Crippen molar-refractivity contribution in [3.05, 3.63) is 124 Å². The zero-order chi connectivity index (χ0) is 29.5. The van der Waals surface area contributed by atoms with E-state index in [1.54, 1.807) is 49.6 Å². The zero-order valence-electron chi connectivity index (χ0n) is 23.6. The van der Waals surface area contributed by atoms with Crippen LogP contribution in [-0.2, 0) is 16.8 Å². The van der Waals surface area contributed by atoms with Gasteiger partial charge in [-0.05, 0) is 60.8 Å². The maximum atomic E-state index is 13.6. The summed E-state index contributed by atoms with van der Waals surface area (Å²) < 4.78 is 5.53. The average Bonchev–Trinajstić information content (AvgIpc) is 3.03. The van der Waals surface area contributed by atoms with Crippen molar-refractivity contribution >= 4 is 40.5 Å². The first-order chi connectivity index (χ1) is 20.4. The quantitative estimate of drug-likeness (QED) is 0.213. The van der Waals surface area contributed by atoms with Crippen molar-refractivity contribution in [2.45, 2.75) is 18.4 Å². The number of rotatable bonds is 10. The second-order valence-corrected chi connectivity index (χ2v) is 11.2. The molecule has 42 heavy (non-hydrogen) atoms. The van der Waals surface area contributed by atoms with E-state index in [-0.39, 0.29) is 15.6 Å². The molecule has 8 heteroatoms. The Labute approximate surface area is 257 Å². The van der Waals surface area contributed by atoms with E-state index in [2.05, 4.69) is 27.2 Å². The van der Waals surface area contributed by atoms with Gasteiger partial charge in [0, 0.05) is 37.4 Å². The summed E-state index contributed by atoms with van der Waals surface area (Å²) in [7, 11) is 1.72. The van der Waals surface area contributed by atoms with Gasteiger partial charge in [-0.15, -0.1) is 0 Å². The lowest BCUT2D eigenvalue weighted by Gasteiger charge is -2.36. The third kappa shape index (κ3) is 6.58. The SMILES string of the molecule is COc1ccccc1N1CCN(CCCc2ccc(NC(=O)C(O)(c3ccccc3)c3cccc(Cl)c3Cl)cc2)CC1. The number of ether oxygens (including phenoxy) is 1. The number of piperazine rings is 1. The van der Waals surface area contributed by atoms with E-state index in [0.29, 0.717) is 11.3 Å². The topological polar surface area (TPSA) is 65.0 Å². The molecule has 1 fully saturated rings. The predicted molar refractivity (Wildman–Crippen MR) is 171 cm³/mol. The molecule has 1 aliphatic heterocycles. The summed E-state index contributed by atoms with van der Waals surface area (Å²) in [5.74, 6) is 0.307. The Morgan fingerprint density at radius 2 is 1.57 bits per heavy atom. The molecule has 1 atom stereocenters. The van der Waals surface area contributed by atoms with Gasteiger partial charge < -0.3 is 20.1 Å². The molecular weight excluding hydrogens is 569 g/mol. The Morgan fingerprint density at radius 1 is 0.881 bits per heavy atom. The fraction of sp³-hybridized carbons (Fsp3) is 0.265. The van der Waals surface area contributed by atoms with Crippen LogP contribution in [0.4, 0.5) is 11.4 Å². The van der Waals surface area contributed by atoms with Crippen molar-refractivity contribution in [3.63, 3.8) is 0 Å². The van der Waals surface area contributed by atoms with Crippen LogP contribution in [0.15, 0.2) is 97.1 Å². The number of hydrogen-bond donors (Lipinski definition) is 2. The molecule has 5 rings (SSSR count). The van der Waals surface area contributed by atoms with E-state index in [1.165, 1.54) is 5.56 Å². The van der Waals surface area contributed by atoms with Gasteiger partial charge in [0.2, 0.25) is 0 Å². The number of benzene rings is 4. The van der Waals surface area contributed by atoms with Crippen LogP contribution in [-0.4, -0.2) is 55.7 Å². The summed E-state index contributed by atoms with van der Waals surface area (Å²) in [6.07, 6.45) is 1.98. The molecule has 4 aromatic carbocycles. The normalized spacial score (nSPS) is 15.2. The van der Waals surface area contributed by atoms with E-state index in [4.69, 9.17) is 27.9 Å². The molecule has 1 unspecified atom stereocenters. The Kier molecular flexibility index (Phi) is 9.70. The summed E-state index contributed by atoms with van der Waals surface area (Å²) in [4.78, 5) is 18.5. The van der Waals surface area contributed by atoms with Crippen molar-refractivity contribution in [1.82, 2.24) is 4.90 Å². The molecule has 0 saturated carbocycles. The van der Waals surface area contributed by atoms with Crippen molar-refractivity contribution in [1.29, 1.82) is 0 Å². The number of nitrogens with zero attached hydrogens (tertiary/aromatic N) is 2. The van der Waals surface area contributed by atoms with Gasteiger partial charge in [0.1, 0.15) is 5.75 Å². The maximum Gasteiger partial charge on any atom is 0.265 e. The van der Waals surface area contributed by atoms with Crippen molar-refractivity contribution in [2.24, 2.45) is 0 Å². The number of nitrogens with one attached hydrogen (secondary N) is 1. The van der Waals surface area contributed by atoms with Gasteiger partial charge in [0.15, 0.2) is 5.60 Å². The highest BCUT2D eigenvalue weighted by atomic mass is 35.5. The minimum absolute atomic E-state index is 0.136. The number of methoxy groups -OCH3 is 1. The molecule has 4 aromatic rings. The number of amides is 1. The third-order valence-corrected chi connectivity index (χ3v) is 8.63. The maximum absolute atomic E-state index is 13.6. The first-order valence-electron chi connectivity index (χ1n) is 14.1. The van der Waals surface area contributed by atoms with Crippen molar-refractivity contribution in [3.8, 4) is 5.75 Å². The number of para-hydroxylation sites is 2. The first kappa shape index (κ1) is 29.9. The van der Waals surface area contributed by atoms with Crippen molar-refractivity contribution < 1.29 is 14.6 Å². The Bertz CT molecular complexity index is 1490. The van der Waals surface area contributed by atoms with Crippen molar-refractivity contribution in [2.75, 3.05) is 50.1 Å². The van der Waals surface area contributed by atoms with Gasteiger partial charge in [0.25, 0.3) is 5.91 Å². The molecule has 1 saturated heterocycles. The minimum atomic E-state index is -2.03. The average molecular weight is 605 g/mol. The number of carbonyl (C=O) groups excluding carboxylic acids is 1. The second kappa shape index (κ2) is 13.6. The lowest BCUT2D eigenvalue weighted by atomic mass is 9.85. The number of halogens is 2. The zero-order valence-corrected chi connectivity index (χ0v) is 25.1. The van der Waals surface area contributed by atoms with Gasteiger partial charge in [-0.2, -0.15) is 0 Å². The van der Waals surface area contributed by atoms with E-state index in [0.717, 1.165) is 57.0 Å². The number of anilines is 2. The Balaban J connectivity index is 1.17. The molecule has 0 bridgehead atoms. The summed E-state index contributed by atoms with van der Waals surface area (Å²) in [6, 6.07) is 29.6. The summed E-state index contributed by atoms with van der Waals surface area (Å²) in [5.41, 5.74) is 1.52. The fourth-order valence-corrected chi connectivity index (χ4v) is 5.90. The Hall–Kier alpha value is -3.55. The van der Waals surface area contributed by atoms with Crippen LogP contribution >= 0.6 is 23.2 Å². The fourth-order valence-electron chi connectivity index (χ4n) is 5.46. The third-order valence-electron chi connectivity index (χ3n) is 7.81. The molecule has 1 aliphatic rings. The minimum Gasteiger partial charge on any atom is -0.495 e. The summed E-state index contributed by atoms with van der Waals surface area (Å²) >= 11 is 12.7. The first-order valence-corrected chi connectivity index (χ1v) is 14.9. The standard InChI is InChI=1S/C34H35Cl2N3O3/c1-42-31-15-6-5-14-30(31)39-23-21-38(22-24-39)20-8-9-25-16-18-27(19-17-25)37-33(40)34(41,26-10-3-2-4-11-26)28-12-7-13-29(35)32(28)36/h2-7,10-19,41H,8-9,20-24H2,1H3,(H,37,40). The molecule has 218 valence electrons. The van der Waals surface area contributed by atoms with Gasteiger partial charge in [0.05, 0.1) is 22.8 Å². The van der Waals surface area contributed by atoms with E-state index in [9.17, 15) is 9.90 Å². The second-order valence-electron chi connectivity index (χ2n) is 10.4. The van der Waals surface area contributed by atoms with E-state index < -0.39 is 11.5 Å². The lowest BCUT2D eigenvalue weighted by Crippen LogP contribution is -2.46. The predicted octanol–water partition coefficient (Wildman–Crippen LogP) is 6.63. The van der Waals surface area contributed by atoms with Crippen LogP contribution in [0.2, 0.25) is 10.0 Å². The highest BCUT2D eigenvalue weighted by molar-refractivity contribution is 6.42. The van der Waals surface area contributed by atoms with Gasteiger partial charge >= 0.3 is 0 Å². The van der Waals surface area contributed by atoms with Crippen LogP contribution in [0.1, 0.15) is 23.1 Å². The van der Waals surface area contributed by atoms with E-state index >= 15 is 0 Å². The van der Waals surface area contributed by atoms with Crippen LogP contribution in [0.3, 0.4) is 0 Å². The van der Waals surface area contributed by atoms with Crippen LogP contribution < -0.4 is 15.0 Å². The van der Waals surface area contributed by atoms with Gasteiger partial charge in [-0.3, -0.25) is 9.69 Å². The smallest absolute Gasteiger partial charge is 0.265 e. The molecule has 1 heterocycles. The highest BCUT2D eigenvalue weighted by Gasteiger charge is 2.42. The molecule has 0 spiro atoms. The molecule has 1 amide bonds. The van der Waals surface area contributed by atoms with Crippen LogP contribution in [0.25, 0.3) is 0 Å². The number of aliphatic hydroxyl groups is 1. The molecule has 0 radical (unpaired) electrons. The molecular formula is C34H35Cl2N3O3. The van der Waals surface area contributed by atoms with Gasteiger partial charge in [-0.1, -0.05) is 89.9 Å². The molecule has 0 aliphatic carbocycles. The van der Waals surface area contributed by atoms with E-state index in [1.807, 2.05) is 42.5 Å². The monoisotopic (exact) mass is 603 g/mol. The molecule has 0 aromatic heterocycles. The molecule has 2 N–H and O–H groups in total. The number of aryl methyl sites for hydroxylation is 1. The van der Waals surface area contributed by atoms with Crippen LogP contribution in [0.5, 0.6) is 5.75 Å². The molecule has 6 nitrogen and oxygen atoms in total. The highest BCUT2D eigenvalue weighted by Crippen LogP contribution is 2.38. The lowest BCUT2D eigenvalue weighted by molar-refractivity contribution is -0.131. The number of carbonyl (C=O) groups is 1. The number of hydrogen-bond acceptors (Lipinski definition) is 5. The summed E-state index contributed by atoms with van der Waals surface area (Å²) in [6.45, 7) is 5.02.